The van der Waals surface area contributed by atoms with Crippen molar-refractivity contribution in [3.05, 3.63) is 360 Å². The first-order valence-electron chi connectivity index (χ1n) is 35.6. The summed E-state index contributed by atoms with van der Waals surface area (Å²) >= 11 is 3.29. The molecule has 20 nitrogen and oxygen atoms in total. The number of aryl methyl sites for hydroxylation is 2. The number of carbonyl (C=O) groups excluding carboxylic acids is 4. The SMILES string of the molecule is C.C#Cc1cncn1C.CN1C(=O)[C@@H](NC(=O)c2n[nH]c(Cc3ccccc3)n2)COc2ccc(Br)cc21.CN1C(=O)[C@@H](NC(=O)c2n[nH]c(Cc3ccccc3)n2)COc2ccc(C#Cc3cncn3C)cc21.[Cl][Pd][Cl].c1ccc(P(c2ccccc2)c2ccccc2)cc1.c1ccc(P(c2ccccc2)c2ccccc2)cc1. The maximum absolute atomic E-state index is 13.2. The molecule has 4 amide bonds. The van der Waals surface area contributed by atoms with Crippen LogP contribution in [-0.4, -0.2) is 112 Å². The first-order valence-corrected chi connectivity index (χ1v) is 43.0. The predicted octanol–water partition coefficient (Wildman–Crippen LogP) is 13.3. The molecule has 10 aromatic carbocycles. The molecule has 0 saturated heterocycles. The van der Waals surface area contributed by atoms with Crippen LogP contribution in [0.3, 0.4) is 0 Å². The molecule has 0 aliphatic carbocycles. The second kappa shape index (κ2) is 43.9. The quantitative estimate of drug-likeness (QED) is 0.0452. The Kier molecular flexibility index (Phi) is 32.7. The Labute approximate surface area is 696 Å². The Morgan fingerprint density at radius 3 is 1.16 bits per heavy atom. The molecule has 2 atom stereocenters. The van der Waals surface area contributed by atoms with Gasteiger partial charge in [0.25, 0.3) is 23.6 Å². The van der Waals surface area contributed by atoms with Gasteiger partial charge in [-0.2, -0.15) is 0 Å². The third kappa shape index (κ3) is 24.3. The van der Waals surface area contributed by atoms with Crippen LogP contribution < -0.4 is 61.7 Å². The molecule has 0 radical (unpaired) electrons. The number of nitrogens with zero attached hydrogens (tertiary/aromatic N) is 10. The Morgan fingerprint density at radius 2 is 0.826 bits per heavy atom. The Morgan fingerprint density at radius 1 is 0.496 bits per heavy atom. The summed E-state index contributed by atoms with van der Waals surface area (Å²) in [4.78, 5) is 70.6. The number of likely N-dealkylation sites (N-methyl/N-ethyl adjacent to an activating group) is 2. The van der Waals surface area contributed by atoms with Gasteiger partial charge in [-0.3, -0.25) is 29.4 Å². The van der Waals surface area contributed by atoms with Gasteiger partial charge in [0.2, 0.25) is 11.6 Å². The van der Waals surface area contributed by atoms with Gasteiger partial charge >= 0.3 is 35.0 Å². The zero-order chi connectivity index (χ0) is 80.0. The largest absolute Gasteiger partial charge is 0.0622 e. The minimum atomic E-state index is -0.907. The smallest absolute Gasteiger partial charge is 0.0134 e. The van der Waals surface area contributed by atoms with Gasteiger partial charge in [-0.15, -0.1) is 16.6 Å². The molecule has 0 spiro atoms. The van der Waals surface area contributed by atoms with E-state index in [1.807, 2.05) is 91.5 Å². The van der Waals surface area contributed by atoms with Crippen molar-refractivity contribution in [2.24, 2.45) is 14.1 Å². The number of H-pyrrole nitrogens is 2. The molecule has 0 bridgehead atoms. The standard InChI is InChI=1S/C26H23N7O3.C20H18BrN5O3.2C18H15P.C6H6N2.CH4.2ClH.Pd/c1-32-16-27-14-19(32)10-8-18-9-11-22-21(12-18)33(2)26(35)20(15-36-22)28-25(34)24-29-23(30-31-24)13-17-6-4-3-5-7-17;1-26-15-10-13(21)7-8-16(15)29-11-14(20(26)28)22-19(27)18-23-17(24-25-18)9-12-5-3-2-4-6-12;2*1-4-10-16(11-5-1)19(17-12-6-2-7-13-17)18-14-8-3-9-15-18;1-3-6-4-7-5-8(6)2;;;;/h3-7,9,11-12,14,16,20H,13,15H2,1-2H3,(H,28,34)(H,29,30,31);2-8,10,14H,9,11H2,1H3,(H,22,27)(H,23,24,25);2*1-15H;1,4-5H,2H3;1H4;2*1H;/q;;;;;;;;+2/p-2/t20-;14-;;;;;;;/m00......./s1. The summed E-state index contributed by atoms with van der Waals surface area (Å²) in [6.45, 7) is -0.00586. The topological polar surface area (TPSA) is 236 Å². The van der Waals surface area contributed by atoms with Crippen LogP contribution in [0, 0.1) is 24.2 Å². The van der Waals surface area contributed by atoms with E-state index in [4.69, 9.17) is 35.0 Å². The van der Waals surface area contributed by atoms with Crippen LogP contribution in [0.25, 0.3) is 0 Å². The third-order valence-corrected chi connectivity index (χ3v) is 22.8. The van der Waals surface area contributed by atoms with E-state index in [9.17, 15) is 19.2 Å². The summed E-state index contributed by atoms with van der Waals surface area (Å²) in [7, 11) is 15.7. The van der Waals surface area contributed by atoms with Gasteiger partial charge < -0.3 is 39.0 Å². The van der Waals surface area contributed by atoms with Gasteiger partial charge in [-0.05, 0) is 101 Å². The summed E-state index contributed by atoms with van der Waals surface area (Å²) in [5, 5.41) is 27.3. The molecular weight excluding hydrogens is 1680 g/mol. The van der Waals surface area contributed by atoms with Gasteiger partial charge in [-0.1, -0.05) is 278 Å². The number of aromatic nitrogens is 10. The number of amides is 4. The Hall–Kier alpha value is -11.9. The van der Waals surface area contributed by atoms with Crippen LogP contribution in [0.5, 0.6) is 11.5 Å². The number of carbonyl (C=O) groups is 4. The van der Waals surface area contributed by atoms with E-state index in [0.717, 1.165) is 27.0 Å². The normalized spacial score (nSPS) is 12.9. The fraction of sp³-hybridized carbons (Fsp3) is 0.124. The average Bonchev–Trinajstić information content (AvgIpc) is 1.65. The molecule has 0 fully saturated rings. The summed E-state index contributed by atoms with van der Waals surface area (Å²) in [5.41, 5.74) is 5.58. The van der Waals surface area contributed by atoms with E-state index in [2.05, 4.69) is 267 Å². The van der Waals surface area contributed by atoms with Crippen LogP contribution in [0.4, 0.5) is 11.4 Å². The first-order chi connectivity index (χ1) is 55.6. The molecule has 4 aromatic heterocycles. The second-order valence-electron chi connectivity index (χ2n) is 25.2. The van der Waals surface area contributed by atoms with Crippen molar-refractivity contribution in [3.8, 4) is 35.7 Å². The fourth-order valence-electron chi connectivity index (χ4n) is 11.7. The fourth-order valence-corrected chi connectivity index (χ4v) is 16.7. The van der Waals surface area contributed by atoms with Crippen LogP contribution in [-0.2, 0) is 52.5 Å². The molecule has 2 aliphatic heterocycles. The Bertz CT molecular complexity index is 5230. The van der Waals surface area contributed by atoms with Crippen molar-refractivity contribution in [2.75, 3.05) is 37.1 Å². The summed E-state index contributed by atoms with van der Waals surface area (Å²) < 4.78 is 16.0. The molecule has 4 N–H and O–H groups in total. The zero-order valence-corrected chi connectivity index (χ0v) is 68.6. The van der Waals surface area contributed by atoms with Crippen molar-refractivity contribution in [1.29, 1.82) is 0 Å². The number of nitrogens with one attached hydrogen (secondary N) is 4. The molecule has 0 unspecified atom stereocenters. The predicted molar refractivity (Wildman–Crippen MR) is 461 cm³/mol. The summed E-state index contributed by atoms with van der Waals surface area (Å²) in [5.74, 6) is 9.09. The number of anilines is 2. The van der Waals surface area contributed by atoms with Crippen LogP contribution in [0.1, 0.15) is 68.4 Å². The number of imidazole rings is 2. The molecule has 16 rings (SSSR count). The van der Waals surface area contributed by atoms with Crippen molar-refractivity contribution < 1.29 is 44.6 Å². The van der Waals surface area contributed by atoms with Gasteiger partial charge in [0.1, 0.15) is 59.8 Å². The van der Waals surface area contributed by atoms with Gasteiger partial charge in [0, 0.05) is 51.1 Å². The monoisotopic (exact) mass is 1760 g/mol. The number of halogens is 3. The summed E-state index contributed by atoms with van der Waals surface area (Å²) in [6, 6.07) is 93.1. The number of aromatic amines is 2. The molecule has 0 saturated carbocycles. The van der Waals surface area contributed by atoms with Crippen molar-refractivity contribution in [1.82, 2.24) is 60.1 Å². The molecule has 26 heteroatoms. The number of fused-ring (bicyclic) bond motifs is 2. The van der Waals surface area contributed by atoms with Crippen molar-refractivity contribution >= 4 is 118 Å². The van der Waals surface area contributed by atoms with Crippen LogP contribution in [0.2, 0.25) is 0 Å². The van der Waals surface area contributed by atoms with E-state index in [0.29, 0.717) is 52.9 Å². The number of benzene rings is 10. The molecule has 14 aromatic rings. The summed E-state index contributed by atoms with van der Waals surface area (Å²) in [6.07, 6.45) is 12.8. The zero-order valence-electron chi connectivity index (χ0n) is 62.2. The maximum Gasteiger partial charge on any atom is -0.0134 e. The number of hydrogen-bond donors (Lipinski definition) is 4. The molecule has 115 heavy (non-hydrogen) atoms. The van der Waals surface area contributed by atoms with Gasteiger partial charge in [0.15, 0.2) is 0 Å². The van der Waals surface area contributed by atoms with E-state index in [1.54, 1.807) is 68.0 Å². The second-order valence-corrected chi connectivity index (χ2v) is 32.9. The molecule has 6 heterocycles. The van der Waals surface area contributed by atoms with Gasteiger partial charge in [-0.25, -0.2) is 19.9 Å². The van der Waals surface area contributed by atoms with Gasteiger partial charge in [0.05, 0.1) is 36.4 Å². The first kappa shape index (κ1) is 85.5. The number of rotatable bonds is 14. The van der Waals surface area contributed by atoms with E-state index in [-0.39, 0.29) is 60.0 Å². The van der Waals surface area contributed by atoms with E-state index in [1.165, 1.54) is 41.6 Å². The Balaban J connectivity index is 0.000000159. The number of hydrogen-bond acceptors (Lipinski definition) is 12. The van der Waals surface area contributed by atoms with E-state index < -0.39 is 39.7 Å². The van der Waals surface area contributed by atoms with Crippen LogP contribution in [0.15, 0.2) is 309 Å². The van der Waals surface area contributed by atoms with Crippen LogP contribution >= 0.6 is 50.8 Å². The number of terminal acetylenes is 1. The number of ether oxygens (including phenoxy) is 2. The average molecular weight is 1760 g/mol. The maximum atomic E-state index is 13.2. The molecule has 2 aliphatic rings. The van der Waals surface area contributed by atoms with Crippen molar-refractivity contribution in [2.45, 2.75) is 32.4 Å². The molecule has 584 valence electrons. The van der Waals surface area contributed by atoms with E-state index >= 15 is 0 Å². The van der Waals surface area contributed by atoms with Crippen molar-refractivity contribution in [3.63, 3.8) is 0 Å². The minimum Gasteiger partial charge on any atom is -0.0622 e. The third-order valence-electron chi connectivity index (χ3n) is 17.4. The minimum absolute atomic E-state index is 0. The molecular formula is C89H81BrCl2N14O6P2Pd.